The molecule has 0 amide bonds. The van der Waals surface area contributed by atoms with Gasteiger partial charge in [-0.2, -0.15) is 0 Å². The lowest BCUT2D eigenvalue weighted by Gasteiger charge is -2.49. The standard InChI is InChI=1S/C42H36N2Si/c1-42(30-40-41(43-31-42)38-24-14-15-25-39(38)44(40)34-18-8-3-9-19-34)45(35-20-10-4-11-21-35,36-22-12-5-13-23-36)37-28-26-33(27-29-37)32-16-6-2-7-17-32/h2-12,14-22,24-29,31H,13,23,30H2,1H3. The summed E-state index contributed by atoms with van der Waals surface area (Å²) < 4.78 is 2.47. The fraction of sp³-hybridized carbons (Fsp3) is 0.119. The minimum atomic E-state index is -2.69. The van der Waals surface area contributed by atoms with Crippen molar-refractivity contribution in [2.24, 2.45) is 4.99 Å². The van der Waals surface area contributed by atoms with Crippen molar-refractivity contribution in [1.82, 2.24) is 4.57 Å². The SMILES string of the molecule is CC1([Si](C2=CC=CCC2)(c2ccccc2)c2ccc(-c3ccccc3)cc2)C=Nc2c(n(-c3ccccc3)c3ccccc23)C1. The van der Waals surface area contributed by atoms with E-state index in [0.717, 1.165) is 24.9 Å². The van der Waals surface area contributed by atoms with E-state index in [1.807, 2.05) is 0 Å². The molecule has 0 bridgehead atoms. The van der Waals surface area contributed by atoms with Gasteiger partial charge in [-0.1, -0.05) is 152 Å². The molecule has 2 heterocycles. The summed E-state index contributed by atoms with van der Waals surface area (Å²) in [4.78, 5) is 5.44. The molecular formula is C42H36N2Si. The van der Waals surface area contributed by atoms with Crippen molar-refractivity contribution in [2.45, 2.75) is 31.2 Å². The zero-order valence-electron chi connectivity index (χ0n) is 25.6. The molecule has 6 aromatic rings. The second-order valence-corrected chi connectivity index (χ2v) is 17.0. The smallest absolute Gasteiger partial charge is 0.155 e. The minimum Gasteiger partial charge on any atom is -0.311 e. The number of rotatable bonds is 6. The molecule has 0 spiro atoms. The highest BCUT2D eigenvalue weighted by atomic mass is 28.3. The average Bonchev–Trinajstić information content (AvgIpc) is 3.43. The summed E-state index contributed by atoms with van der Waals surface area (Å²) in [6, 6.07) is 51.2. The molecular weight excluding hydrogens is 561 g/mol. The summed E-state index contributed by atoms with van der Waals surface area (Å²) in [5.74, 6) is 0. The maximum absolute atomic E-state index is 5.44. The van der Waals surface area contributed by atoms with E-state index in [1.54, 1.807) is 5.20 Å². The number of hydrogen-bond donors (Lipinski definition) is 0. The van der Waals surface area contributed by atoms with Crippen LogP contribution in [0.5, 0.6) is 0 Å². The van der Waals surface area contributed by atoms with E-state index >= 15 is 0 Å². The molecule has 1 aromatic heterocycles. The molecule has 5 aromatic carbocycles. The number of allylic oxidation sites excluding steroid dienone is 4. The highest BCUT2D eigenvalue weighted by Gasteiger charge is 2.56. The van der Waals surface area contributed by atoms with E-state index in [9.17, 15) is 0 Å². The van der Waals surface area contributed by atoms with Gasteiger partial charge in [0.15, 0.2) is 8.07 Å². The van der Waals surface area contributed by atoms with Crippen molar-refractivity contribution < 1.29 is 0 Å². The summed E-state index contributed by atoms with van der Waals surface area (Å²) in [6.45, 7) is 2.50. The summed E-state index contributed by atoms with van der Waals surface area (Å²) in [5, 5.41) is 5.44. The van der Waals surface area contributed by atoms with E-state index in [1.165, 1.54) is 43.8 Å². The molecule has 218 valence electrons. The molecule has 2 unspecified atom stereocenters. The lowest BCUT2D eigenvalue weighted by atomic mass is 10.0. The third-order valence-electron chi connectivity index (χ3n) is 9.96. The fourth-order valence-electron chi connectivity index (χ4n) is 7.99. The molecule has 1 aliphatic heterocycles. The van der Waals surface area contributed by atoms with Crippen LogP contribution in [0.25, 0.3) is 27.7 Å². The molecule has 2 nitrogen and oxygen atoms in total. The topological polar surface area (TPSA) is 17.3 Å². The molecule has 0 radical (unpaired) electrons. The van der Waals surface area contributed by atoms with E-state index < -0.39 is 8.07 Å². The van der Waals surface area contributed by atoms with Crippen molar-refractivity contribution >= 4 is 41.3 Å². The molecule has 3 heteroatoms. The number of aromatic nitrogens is 1. The van der Waals surface area contributed by atoms with Crippen LogP contribution in [-0.4, -0.2) is 18.9 Å². The second-order valence-electron chi connectivity index (χ2n) is 12.6. The highest BCUT2D eigenvalue weighted by molar-refractivity contribution is 7.11. The summed E-state index contributed by atoms with van der Waals surface area (Å²) in [6.07, 6.45) is 12.4. The largest absolute Gasteiger partial charge is 0.311 e. The van der Waals surface area contributed by atoms with Gasteiger partial charge in [0.1, 0.15) is 0 Å². The van der Waals surface area contributed by atoms with E-state index in [4.69, 9.17) is 4.99 Å². The van der Waals surface area contributed by atoms with Gasteiger partial charge in [0, 0.05) is 22.3 Å². The maximum Gasteiger partial charge on any atom is 0.155 e. The van der Waals surface area contributed by atoms with Gasteiger partial charge in [0.05, 0.1) is 16.9 Å². The molecule has 0 saturated heterocycles. The first kappa shape index (κ1) is 27.5. The van der Waals surface area contributed by atoms with Gasteiger partial charge in [-0.15, -0.1) is 0 Å². The Morgan fingerprint density at radius 2 is 1.29 bits per heavy atom. The monoisotopic (exact) mass is 596 g/mol. The number of nitrogens with zero attached hydrogens (tertiary/aromatic N) is 2. The fourth-order valence-corrected chi connectivity index (χ4v) is 14.0. The van der Waals surface area contributed by atoms with Crippen molar-refractivity contribution in [2.75, 3.05) is 0 Å². The van der Waals surface area contributed by atoms with Crippen LogP contribution in [0, 0.1) is 0 Å². The Morgan fingerprint density at radius 1 is 0.667 bits per heavy atom. The molecule has 2 atom stereocenters. The lowest BCUT2D eigenvalue weighted by Crippen LogP contribution is -2.68. The normalized spacial score (nSPS) is 18.7. The molecule has 0 N–H and O–H groups in total. The number of benzene rings is 5. The van der Waals surface area contributed by atoms with Gasteiger partial charge in [-0.25, -0.2) is 0 Å². The molecule has 0 saturated carbocycles. The highest BCUT2D eigenvalue weighted by Crippen LogP contribution is 2.51. The molecule has 45 heavy (non-hydrogen) atoms. The predicted molar refractivity (Wildman–Crippen MR) is 193 cm³/mol. The van der Waals surface area contributed by atoms with Crippen LogP contribution in [0.1, 0.15) is 25.5 Å². The van der Waals surface area contributed by atoms with Gasteiger partial charge in [0.2, 0.25) is 0 Å². The molecule has 8 rings (SSSR count). The van der Waals surface area contributed by atoms with Crippen LogP contribution >= 0.6 is 0 Å². The van der Waals surface area contributed by atoms with Crippen molar-refractivity contribution in [3.05, 3.63) is 169 Å². The van der Waals surface area contributed by atoms with E-state index in [-0.39, 0.29) is 5.04 Å². The Balaban J connectivity index is 1.39. The van der Waals surface area contributed by atoms with Crippen LogP contribution in [-0.2, 0) is 6.42 Å². The third-order valence-corrected chi connectivity index (χ3v) is 15.8. The van der Waals surface area contributed by atoms with Crippen LogP contribution in [0.3, 0.4) is 0 Å². The number of hydrogen-bond acceptors (Lipinski definition) is 1. The first-order valence-electron chi connectivity index (χ1n) is 16.0. The molecule has 0 fully saturated rings. The number of fused-ring (bicyclic) bond motifs is 3. The Labute approximate surface area is 266 Å². The summed E-state index contributed by atoms with van der Waals surface area (Å²) in [7, 11) is -2.69. The van der Waals surface area contributed by atoms with Crippen molar-refractivity contribution in [3.63, 3.8) is 0 Å². The van der Waals surface area contributed by atoms with Gasteiger partial charge in [0.25, 0.3) is 0 Å². The number of aliphatic imine (C=N–C) groups is 1. The van der Waals surface area contributed by atoms with Crippen molar-refractivity contribution in [1.29, 1.82) is 0 Å². The maximum atomic E-state index is 5.44. The Kier molecular flexibility index (Phi) is 6.84. The van der Waals surface area contributed by atoms with E-state index in [0.29, 0.717) is 0 Å². The summed E-state index contributed by atoms with van der Waals surface area (Å²) in [5.41, 5.74) is 7.32. The quantitative estimate of drug-likeness (QED) is 0.171. The predicted octanol–water partition coefficient (Wildman–Crippen LogP) is 9.39. The Hall–Kier alpha value is -4.99. The Morgan fingerprint density at radius 3 is 2.00 bits per heavy atom. The lowest BCUT2D eigenvalue weighted by molar-refractivity contribution is 0.732. The first-order chi connectivity index (χ1) is 22.2. The Bertz CT molecular complexity index is 2070. The third kappa shape index (κ3) is 4.41. The van der Waals surface area contributed by atoms with Gasteiger partial charge >= 0.3 is 0 Å². The molecule has 1 aliphatic carbocycles. The second kappa shape index (κ2) is 11.2. The number of para-hydroxylation sites is 2. The van der Waals surface area contributed by atoms with E-state index in [2.05, 4.69) is 175 Å². The average molecular weight is 597 g/mol. The van der Waals surface area contributed by atoms with Crippen LogP contribution in [0.15, 0.2) is 168 Å². The minimum absolute atomic E-state index is 0.229. The van der Waals surface area contributed by atoms with Crippen LogP contribution in [0.2, 0.25) is 5.04 Å². The zero-order chi connectivity index (χ0) is 30.3. The summed E-state index contributed by atoms with van der Waals surface area (Å²) >= 11 is 0. The zero-order valence-corrected chi connectivity index (χ0v) is 26.6. The van der Waals surface area contributed by atoms with Gasteiger partial charge in [-0.3, -0.25) is 4.99 Å². The van der Waals surface area contributed by atoms with Crippen molar-refractivity contribution in [3.8, 4) is 16.8 Å². The molecule has 2 aliphatic rings. The van der Waals surface area contributed by atoms with Gasteiger partial charge in [-0.05, 0) is 59.0 Å². The van der Waals surface area contributed by atoms with Crippen LogP contribution in [0.4, 0.5) is 5.69 Å². The van der Waals surface area contributed by atoms with Crippen LogP contribution < -0.4 is 10.4 Å². The van der Waals surface area contributed by atoms with Gasteiger partial charge < -0.3 is 4.57 Å². The first-order valence-corrected chi connectivity index (χ1v) is 18.0.